The molecule has 0 saturated carbocycles. The third kappa shape index (κ3) is 3.97. The molecule has 1 aromatic heterocycles. The van der Waals surface area contributed by atoms with Crippen molar-refractivity contribution in [1.82, 2.24) is 19.9 Å². The van der Waals surface area contributed by atoms with Crippen LogP contribution in [0.15, 0.2) is 36.7 Å². The van der Waals surface area contributed by atoms with E-state index in [1.54, 1.807) is 35.3 Å². The molecule has 0 aliphatic carbocycles. The molecule has 2 amide bonds. The molecule has 2 aliphatic rings. The summed E-state index contributed by atoms with van der Waals surface area (Å²) in [5.74, 6) is -0.785. The van der Waals surface area contributed by atoms with E-state index in [1.807, 2.05) is 0 Å². The van der Waals surface area contributed by atoms with Crippen molar-refractivity contribution >= 4 is 23.3 Å². The highest BCUT2D eigenvalue weighted by atomic mass is 19.1. The highest BCUT2D eigenvalue weighted by Gasteiger charge is 2.33. The minimum atomic E-state index is -0.532. The van der Waals surface area contributed by atoms with Crippen LogP contribution in [0.4, 0.5) is 14.9 Å². The van der Waals surface area contributed by atoms with Gasteiger partial charge in [-0.15, -0.1) is 5.10 Å². The molecule has 4 rings (SSSR count). The maximum Gasteiger partial charge on any atom is 0.414 e. The Hall–Kier alpha value is -3.27. The molecule has 0 unspecified atom stereocenters. The molecule has 0 spiro atoms. The van der Waals surface area contributed by atoms with Crippen molar-refractivity contribution in [2.75, 3.05) is 31.1 Å². The Kier molecular flexibility index (Phi) is 5.26. The molecule has 1 fully saturated rings. The normalized spacial score (nSPS) is 19.3. The first-order valence-corrected chi connectivity index (χ1v) is 9.25. The Morgan fingerprint density at radius 1 is 1.38 bits per heavy atom. The first-order valence-electron chi connectivity index (χ1n) is 9.25. The van der Waals surface area contributed by atoms with Gasteiger partial charge in [-0.1, -0.05) is 11.3 Å². The molecule has 0 bridgehead atoms. The highest BCUT2D eigenvalue weighted by Crippen LogP contribution is 2.29. The largest absolute Gasteiger partial charge is 0.442 e. The number of cyclic esters (lactones) is 1. The number of aliphatic hydroxyl groups is 1. The number of carbonyl (C=O) groups excluding carboxylic acids is 2. The number of carbonyl (C=O) groups is 2. The lowest BCUT2D eigenvalue weighted by atomic mass is 9.98. The van der Waals surface area contributed by atoms with Crippen LogP contribution in [0, 0.1) is 5.82 Å². The molecule has 1 N–H and O–H groups in total. The minimum absolute atomic E-state index is 0.290. The van der Waals surface area contributed by atoms with Crippen LogP contribution in [0.2, 0.25) is 0 Å². The molecule has 0 radical (unpaired) electrons. The second-order valence-corrected chi connectivity index (χ2v) is 6.88. The second kappa shape index (κ2) is 8.00. The van der Waals surface area contributed by atoms with Crippen LogP contribution in [0.3, 0.4) is 0 Å². The van der Waals surface area contributed by atoms with Crippen LogP contribution in [0.25, 0.3) is 5.57 Å². The molecule has 1 saturated heterocycles. The summed E-state index contributed by atoms with van der Waals surface area (Å²) in [5, 5.41) is 16.5. The van der Waals surface area contributed by atoms with Crippen LogP contribution in [-0.4, -0.2) is 69.3 Å². The molecule has 152 valence electrons. The number of nitrogens with zero attached hydrogens (tertiary/aromatic N) is 5. The predicted octanol–water partition coefficient (Wildman–Crippen LogP) is 1.05. The van der Waals surface area contributed by atoms with Gasteiger partial charge in [0.2, 0.25) is 5.91 Å². The van der Waals surface area contributed by atoms with Crippen molar-refractivity contribution in [2.24, 2.45) is 0 Å². The fraction of sp³-hybridized carbons (Fsp3) is 0.368. The summed E-state index contributed by atoms with van der Waals surface area (Å²) in [6, 6.07) is 4.64. The van der Waals surface area contributed by atoms with Gasteiger partial charge in [-0.2, -0.15) is 0 Å². The maximum atomic E-state index is 14.8. The van der Waals surface area contributed by atoms with E-state index >= 15 is 0 Å². The number of aromatic nitrogens is 3. The maximum absolute atomic E-state index is 14.8. The molecule has 29 heavy (non-hydrogen) atoms. The molecular formula is C19H20FN5O4. The first-order chi connectivity index (χ1) is 14.0. The Morgan fingerprint density at radius 3 is 2.90 bits per heavy atom. The van der Waals surface area contributed by atoms with E-state index < -0.39 is 24.6 Å². The van der Waals surface area contributed by atoms with Gasteiger partial charge in [0, 0.05) is 24.8 Å². The number of rotatable bonds is 5. The topological polar surface area (TPSA) is 101 Å². The van der Waals surface area contributed by atoms with Crippen molar-refractivity contribution in [3.63, 3.8) is 0 Å². The van der Waals surface area contributed by atoms with Gasteiger partial charge < -0.3 is 14.7 Å². The number of hydrogen-bond donors (Lipinski definition) is 1. The smallest absolute Gasteiger partial charge is 0.414 e. The van der Waals surface area contributed by atoms with Gasteiger partial charge >= 0.3 is 6.09 Å². The molecule has 3 heterocycles. The number of anilines is 1. The van der Waals surface area contributed by atoms with E-state index in [4.69, 9.17) is 9.84 Å². The zero-order valence-electron chi connectivity index (χ0n) is 15.6. The molecular weight excluding hydrogens is 381 g/mol. The van der Waals surface area contributed by atoms with Gasteiger partial charge in [-0.25, -0.2) is 13.9 Å². The summed E-state index contributed by atoms with van der Waals surface area (Å²) in [5.41, 5.74) is 1.66. The predicted molar refractivity (Wildman–Crippen MR) is 100 cm³/mol. The zero-order chi connectivity index (χ0) is 20.4. The van der Waals surface area contributed by atoms with E-state index in [0.29, 0.717) is 43.9 Å². The second-order valence-electron chi connectivity index (χ2n) is 6.88. The summed E-state index contributed by atoms with van der Waals surface area (Å²) in [6.45, 7) is 0.889. The molecule has 1 atom stereocenters. The Morgan fingerprint density at radius 2 is 2.24 bits per heavy atom. The van der Waals surface area contributed by atoms with Gasteiger partial charge in [-0.3, -0.25) is 9.69 Å². The molecule has 9 nitrogen and oxygen atoms in total. The van der Waals surface area contributed by atoms with Gasteiger partial charge in [0.1, 0.15) is 18.5 Å². The molecule has 10 heteroatoms. The van der Waals surface area contributed by atoms with Gasteiger partial charge in [-0.05, 0) is 30.2 Å². The van der Waals surface area contributed by atoms with Crippen molar-refractivity contribution < 1.29 is 23.8 Å². The summed E-state index contributed by atoms with van der Waals surface area (Å²) < 4.78 is 21.7. The van der Waals surface area contributed by atoms with Crippen LogP contribution in [0.5, 0.6) is 0 Å². The van der Waals surface area contributed by atoms with E-state index in [1.165, 1.54) is 15.9 Å². The number of aliphatic hydroxyl groups excluding tert-OH is 1. The van der Waals surface area contributed by atoms with Gasteiger partial charge in [0.05, 0.1) is 25.0 Å². The summed E-state index contributed by atoms with van der Waals surface area (Å²) in [4.78, 5) is 26.7. The summed E-state index contributed by atoms with van der Waals surface area (Å²) >= 11 is 0. The van der Waals surface area contributed by atoms with Crippen molar-refractivity contribution in [2.45, 2.75) is 19.1 Å². The summed E-state index contributed by atoms with van der Waals surface area (Å²) in [7, 11) is 0. The average molecular weight is 401 g/mol. The standard InChI is InChI=1S/C19H20FN5O4/c20-17-9-14(25-11-15(29-19(25)28)10-24-8-5-21-22-24)1-2-16(17)13-3-6-23(7-4-13)18(27)12-26/h1-3,5,8-9,15,26H,4,6-7,10-12H2/t15-/m0/s1. The van der Waals surface area contributed by atoms with Crippen molar-refractivity contribution in [1.29, 1.82) is 0 Å². The number of amides is 2. The number of halogens is 1. The fourth-order valence-corrected chi connectivity index (χ4v) is 3.54. The quantitative estimate of drug-likeness (QED) is 0.804. The van der Waals surface area contributed by atoms with Crippen LogP contribution < -0.4 is 4.90 Å². The average Bonchev–Trinajstić information content (AvgIpc) is 3.37. The number of ether oxygens (including phenoxy) is 1. The molecule has 2 aliphatic heterocycles. The van der Waals surface area contributed by atoms with Crippen molar-refractivity contribution in [3.8, 4) is 0 Å². The van der Waals surface area contributed by atoms with Gasteiger partial charge in [0.15, 0.2) is 0 Å². The van der Waals surface area contributed by atoms with E-state index in [9.17, 15) is 14.0 Å². The monoisotopic (exact) mass is 401 g/mol. The zero-order valence-corrected chi connectivity index (χ0v) is 15.6. The van der Waals surface area contributed by atoms with Crippen LogP contribution in [-0.2, 0) is 16.1 Å². The molecule has 2 aromatic rings. The SMILES string of the molecule is O=C(CO)N1CC=C(c2ccc(N3C[C@H](Cn4ccnn4)OC3=O)cc2F)CC1. The Balaban J connectivity index is 1.46. The number of benzene rings is 1. The fourth-order valence-electron chi connectivity index (χ4n) is 3.54. The van der Waals surface area contributed by atoms with E-state index in [-0.39, 0.29) is 5.91 Å². The minimum Gasteiger partial charge on any atom is -0.442 e. The highest BCUT2D eigenvalue weighted by molar-refractivity contribution is 5.90. The van der Waals surface area contributed by atoms with E-state index in [2.05, 4.69) is 10.3 Å². The lowest BCUT2D eigenvalue weighted by Gasteiger charge is -2.26. The Bertz CT molecular complexity index is 946. The van der Waals surface area contributed by atoms with E-state index in [0.717, 1.165) is 5.57 Å². The summed E-state index contributed by atoms with van der Waals surface area (Å²) in [6.07, 6.45) is 4.57. The third-order valence-corrected chi connectivity index (χ3v) is 5.04. The van der Waals surface area contributed by atoms with Crippen LogP contribution >= 0.6 is 0 Å². The van der Waals surface area contributed by atoms with Crippen LogP contribution in [0.1, 0.15) is 12.0 Å². The Labute approximate surface area is 166 Å². The molecule has 1 aromatic carbocycles. The van der Waals surface area contributed by atoms with Gasteiger partial charge in [0.25, 0.3) is 0 Å². The number of hydrogen-bond acceptors (Lipinski definition) is 6. The van der Waals surface area contributed by atoms with Crippen molar-refractivity contribution in [3.05, 3.63) is 48.0 Å². The lowest BCUT2D eigenvalue weighted by Crippen LogP contribution is -2.36. The first kappa shape index (κ1) is 19.1. The third-order valence-electron chi connectivity index (χ3n) is 5.04. The lowest BCUT2D eigenvalue weighted by molar-refractivity contribution is -0.133.